The highest BCUT2D eigenvalue weighted by molar-refractivity contribution is 5.86. The van der Waals surface area contributed by atoms with E-state index in [1.54, 1.807) is 10.9 Å². The highest BCUT2D eigenvalue weighted by Gasteiger charge is 2.30. The Morgan fingerprint density at radius 2 is 2.00 bits per heavy atom. The molecule has 1 saturated heterocycles. The van der Waals surface area contributed by atoms with Crippen LogP contribution in [0.25, 0.3) is 11.0 Å². The van der Waals surface area contributed by atoms with Crippen LogP contribution in [0.15, 0.2) is 36.5 Å². The number of aryl methyl sites for hydroxylation is 1. The van der Waals surface area contributed by atoms with Gasteiger partial charge in [0.2, 0.25) is 5.95 Å². The molecule has 3 heterocycles. The average Bonchev–Trinajstić information content (AvgIpc) is 2.97. The minimum absolute atomic E-state index is 0.139. The van der Waals surface area contributed by atoms with Gasteiger partial charge >= 0.3 is 0 Å². The number of fused-ring (bicyclic) bond motifs is 1. The molecule has 24 heavy (non-hydrogen) atoms. The van der Waals surface area contributed by atoms with Crippen LogP contribution in [0.2, 0.25) is 0 Å². The fourth-order valence-electron chi connectivity index (χ4n) is 3.38. The van der Waals surface area contributed by atoms with Crippen molar-refractivity contribution in [2.75, 3.05) is 23.7 Å². The Kier molecular flexibility index (Phi) is 3.57. The molecule has 0 bridgehead atoms. The van der Waals surface area contributed by atoms with E-state index in [1.165, 1.54) is 5.56 Å². The van der Waals surface area contributed by atoms with Crippen LogP contribution in [0.3, 0.4) is 0 Å². The van der Waals surface area contributed by atoms with Gasteiger partial charge in [-0.2, -0.15) is 15.1 Å². The number of aliphatic hydroxyl groups excluding tert-OH is 1. The predicted molar refractivity (Wildman–Crippen MR) is 92.7 cm³/mol. The zero-order valence-electron chi connectivity index (χ0n) is 13.5. The van der Waals surface area contributed by atoms with Crippen molar-refractivity contribution in [3.63, 3.8) is 0 Å². The molecule has 4 rings (SSSR count). The molecule has 0 spiro atoms. The van der Waals surface area contributed by atoms with Crippen molar-refractivity contribution in [1.29, 1.82) is 0 Å². The second-order valence-electron chi connectivity index (χ2n) is 6.23. The van der Waals surface area contributed by atoms with Crippen molar-refractivity contribution >= 4 is 22.8 Å². The standard InChI is InChI=1S/C17H20N6O/c1-22-16-13(9-19-22)15(18)20-17(21-16)23-8-7-12(14(24)10-23)11-5-3-2-4-6-11/h2-6,9,12,14,24H,7-8,10H2,1H3,(H2,18,20,21)/t12-,14-/m1/s1. The molecule has 0 unspecified atom stereocenters. The lowest BCUT2D eigenvalue weighted by Gasteiger charge is -2.36. The molecule has 0 aliphatic carbocycles. The summed E-state index contributed by atoms with van der Waals surface area (Å²) >= 11 is 0. The van der Waals surface area contributed by atoms with Gasteiger partial charge in [-0.05, 0) is 12.0 Å². The summed E-state index contributed by atoms with van der Waals surface area (Å²) in [7, 11) is 1.83. The van der Waals surface area contributed by atoms with E-state index < -0.39 is 6.10 Å². The third kappa shape index (κ3) is 2.46. The fraction of sp³-hybridized carbons (Fsp3) is 0.353. The number of nitrogens with zero attached hydrogens (tertiary/aromatic N) is 5. The SMILES string of the molecule is Cn1ncc2c(N)nc(N3CC[C@H](c4ccccc4)[C@H](O)C3)nc21. The molecule has 1 fully saturated rings. The first-order valence-electron chi connectivity index (χ1n) is 8.06. The fourth-order valence-corrected chi connectivity index (χ4v) is 3.38. The summed E-state index contributed by atoms with van der Waals surface area (Å²) in [5, 5.41) is 15.5. The number of hydrogen-bond acceptors (Lipinski definition) is 6. The van der Waals surface area contributed by atoms with Crippen LogP contribution in [0.1, 0.15) is 17.9 Å². The van der Waals surface area contributed by atoms with E-state index >= 15 is 0 Å². The minimum Gasteiger partial charge on any atom is -0.391 e. The van der Waals surface area contributed by atoms with Crippen LogP contribution in [0, 0.1) is 0 Å². The predicted octanol–water partition coefficient (Wildman–Crippen LogP) is 1.30. The summed E-state index contributed by atoms with van der Waals surface area (Å²) in [4.78, 5) is 11.0. The van der Waals surface area contributed by atoms with E-state index in [1.807, 2.05) is 30.1 Å². The maximum Gasteiger partial charge on any atom is 0.229 e. The molecule has 7 nitrogen and oxygen atoms in total. The topological polar surface area (TPSA) is 93.1 Å². The van der Waals surface area contributed by atoms with Gasteiger partial charge in [-0.25, -0.2) is 0 Å². The second-order valence-corrected chi connectivity index (χ2v) is 6.23. The van der Waals surface area contributed by atoms with E-state index in [-0.39, 0.29) is 5.92 Å². The number of piperidine rings is 1. The number of aliphatic hydroxyl groups is 1. The first kappa shape index (κ1) is 14.9. The lowest BCUT2D eigenvalue weighted by atomic mass is 9.87. The largest absolute Gasteiger partial charge is 0.391 e. The summed E-state index contributed by atoms with van der Waals surface area (Å²) in [6, 6.07) is 10.1. The van der Waals surface area contributed by atoms with Crippen molar-refractivity contribution in [3.8, 4) is 0 Å². The van der Waals surface area contributed by atoms with E-state index in [0.29, 0.717) is 24.0 Å². The maximum atomic E-state index is 10.6. The first-order chi connectivity index (χ1) is 11.6. The van der Waals surface area contributed by atoms with Crippen molar-refractivity contribution in [2.24, 2.45) is 7.05 Å². The molecule has 0 amide bonds. The highest BCUT2D eigenvalue weighted by atomic mass is 16.3. The molecule has 0 radical (unpaired) electrons. The van der Waals surface area contributed by atoms with Crippen LogP contribution in [0.4, 0.5) is 11.8 Å². The molecular weight excluding hydrogens is 304 g/mol. The van der Waals surface area contributed by atoms with Gasteiger partial charge in [-0.1, -0.05) is 30.3 Å². The Bertz CT molecular complexity index is 862. The number of nitrogens with two attached hydrogens (primary N) is 1. The number of anilines is 2. The van der Waals surface area contributed by atoms with Crippen LogP contribution >= 0.6 is 0 Å². The molecule has 1 aromatic carbocycles. The zero-order chi connectivity index (χ0) is 16.7. The van der Waals surface area contributed by atoms with Crippen LogP contribution in [0.5, 0.6) is 0 Å². The number of nitrogen functional groups attached to an aromatic ring is 1. The Morgan fingerprint density at radius 3 is 2.75 bits per heavy atom. The van der Waals surface area contributed by atoms with Gasteiger partial charge in [0.15, 0.2) is 5.65 Å². The van der Waals surface area contributed by atoms with Crippen LogP contribution < -0.4 is 10.6 Å². The quantitative estimate of drug-likeness (QED) is 0.738. The molecule has 3 N–H and O–H groups in total. The zero-order valence-corrected chi connectivity index (χ0v) is 13.5. The Balaban J connectivity index is 1.60. The number of aromatic nitrogens is 4. The van der Waals surface area contributed by atoms with Gasteiger partial charge in [0.1, 0.15) is 5.82 Å². The van der Waals surface area contributed by atoms with E-state index in [0.717, 1.165) is 18.4 Å². The van der Waals surface area contributed by atoms with Crippen molar-refractivity contribution in [3.05, 3.63) is 42.1 Å². The first-order valence-corrected chi connectivity index (χ1v) is 8.06. The molecule has 124 valence electrons. The highest BCUT2D eigenvalue weighted by Crippen LogP contribution is 2.30. The normalized spacial score (nSPS) is 21.3. The van der Waals surface area contributed by atoms with Crippen molar-refractivity contribution < 1.29 is 5.11 Å². The molecule has 7 heteroatoms. The molecular formula is C17H20N6O. The smallest absolute Gasteiger partial charge is 0.229 e. The number of β-amino-alcohol motifs (C(OH)–C–C–N with tert-alkyl or cyclic N) is 1. The molecule has 0 saturated carbocycles. The summed E-state index contributed by atoms with van der Waals surface area (Å²) in [5.74, 6) is 1.11. The van der Waals surface area contributed by atoms with Gasteiger partial charge < -0.3 is 15.7 Å². The Morgan fingerprint density at radius 1 is 1.21 bits per heavy atom. The van der Waals surface area contributed by atoms with Gasteiger partial charge in [-0.15, -0.1) is 0 Å². The van der Waals surface area contributed by atoms with Crippen LogP contribution in [-0.2, 0) is 7.05 Å². The lowest BCUT2D eigenvalue weighted by molar-refractivity contribution is 0.129. The van der Waals surface area contributed by atoms with E-state index in [9.17, 15) is 5.11 Å². The lowest BCUT2D eigenvalue weighted by Crippen LogP contribution is -2.43. The monoisotopic (exact) mass is 324 g/mol. The summed E-state index contributed by atoms with van der Waals surface area (Å²) < 4.78 is 1.68. The molecule has 2 atom stereocenters. The van der Waals surface area contributed by atoms with Crippen molar-refractivity contribution in [2.45, 2.75) is 18.4 Å². The summed E-state index contributed by atoms with van der Waals surface area (Å²) in [6.07, 6.45) is 2.05. The Hall–Kier alpha value is -2.67. The third-order valence-corrected chi connectivity index (χ3v) is 4.70. The maximum absolute atomic E-state index is 10.6. The average molecular weight is 324 g/mol. The second kappa shape index (κ2) is 5.76. The molecule has 1 aliphatic heterocycles. The molecule has 1 aliphatic rings. The minimum atomic E-state index is -0.465. The van der Waals surface area contributed by atoms with E-state index in [4.69, 9.17) is 5.73 Å². The summed E-state index contributed by atoms with van der Waals surface area (Å²) in [6.45, 7) is 1.27. The number of benzene rings is 1. The number of rotatable bonds is 2. The van der Waals surface area contributed by atoms with Crippen molar-refractivity contribution in [1.82, 2.24) is 19.7 Å². The Labute approximate surface area is 139 Å². The van der Waals surface area contributed by atoms with Gasteiger partial charge in [-0.3, -0.25) is 4.68 Å². The number of hydrogen-bond donors (Lipinski definition) is 2. The van der Waals surface area contributed by atoms with Crippen LogP contribution in [-0.4, -0.2) is 44.0 Å². The molecule has 2 aromatic heterocycles. The summed E-state index contributed by atoms with van der Waals surface area (Å²) in [5.41, 5.74) is 7.92. The van der Waals surface area contributed by atoms with Gasteiger partial charge in [0.05, 0.1) is 17.7 Å². The third-order valence-electron chi connectivity index (χ3n) is 4.70. The van der Waals surface area contributed by atoms with Gasteiger partial charge in [0.25, 0.3) is 0 Å². The molecule has 3 aromatic rings. The van der Waals surface area contributed by atoms with Gasteiger partial charge in [0, 0.05) is 26.1 Å². The van der Waals surface area contributed by atoms with E-state index in [2.05, 4.69) is 27.2 Å².